The predicted octanol–water partition coefficient (Wildman–Crippen LogP) is 3.42. The first-order valence-corrected chi connectivity index (χ1v) is 9.41. The van der Waals surface area contributed by atoms with Gasteiger partial charge in [0.25, 0.3) is 5.91 Å². The van der Waals surface area contributed by atoms with Crippen LogP contribution in [0.5, 0.6) is 5.75 Å². The number of hydrogen-bond acceptors (Lipinski definition) is 4. The number of likely N-dealkylation sites (tertiary alicyclic amines) is 1. The Hall–Kier alpha value is -2.53. The van der Waals surface area contributed by atoms with Gasteiger partial charge in [0.1, 0.15) is 5.75 Å². The average Bonchev–Trinajstić information content (AvgIpc) is 3.06. The molecule has 1 fully saturated rings. The summed E-state index contributed by atoms with van der Waals surface area (Å²) in [6.07, 6.45) is 1.67. The zero-order chi connectivity index (χ0) is 19.0. The Labute approximate surface area is 160 Å². The molecule has 1 spiro atoms. The van der Waals surface area contributed by atoms with Crippen molar-refractivity contribution in [3.63, 3.8) is 0 Å². The summed E-state index contributed by atoms with van der Waals surface area (Å²) >= 11 is 0. The van der Waals surface area contributed by atoms with E-state index < -0.39 is 0 Å². The van der Waals surface area contributed by atoms with Gasteiger partial charge in [0.2, 0.25) is 0 Å². The van der Waals surface area contributed by atoms with Gasteiger partial charge in [-0.25, -0.2) is 0 Å². The van der Waals surface area contributed by atoms with Crippen LogP contribution in [0, 0.1) is 0 Å². The van der Waals surface area contributed by atoms with Crippen LogP contribution in [-0.2, 0) is 16.9 Å². The van der Waals surface area contributed by atoms with E-state index in [9.17, 15) is 4.79 Å². The fourth-order valence-electron chi connectivity index (χ4n) is 4.23. The van der Waals surface area contributed by atoms with Gasteiger partial charge in [-0.15, -0.1) is 0 Å². The molecule has 0 unspecified atom stereocenters. The smallest absolute Gasteiger partial charge is 0.253 e. The molecule has 0 atom stereocenters. The van der Waals surface area contributed by atoms with Gasteiger partial charge in [-0.3, -0.25) is 4.79 Å². The first-order chi connectivity index (χ1) is 13.0. The fourth-order valence-corrected chi connectivity index (χ4v) is 4.23. The van der Waals surface area contributed by atoms with E-state index >= 15 is 0 Å². The van der Waals surface area contributed by atoms with Crippen LogP contribution in [0.2, 0.25) is 0 Å². The normalized spacial score (nSPS) is 17.7. The highest BCUT2D eigenvalue weighted by Gasteiger charge is 2.43. The van der Waals surface area contributed by atoms with Gasteiger partial charge in [0.15, 0.2) is 0 Å². The Bertz CT molecular complexity index is 854. The molecule has 0 saturated carbocycles. The highest BCUT2D eigenvalue weighted by molar-refractivity contribution is 5.95. The summed E-state index contributed by atoms with van der Waals surface area (Å²) in [6, 6.07) is 14.1. The summed E-state index contributed by atoms with van der Waals surface area (Å²) in [6.45, 7) is 2.07. The number of amides is 1. The first kappa shape index (κ1) is 17.9. The fraction of sp³-hybridized carbons (Fsp3) is 0.409. The van der Waals surface area contributed by atoms with Crippen LogP contribution in [0.15, 0.2) is 42.5 Å². The highest BCUT2D eigenvalue weighted by Crippen LogP contribution is 2.44. The minimum Gasteiger partial charge on any atom is -0.495 e. The van der Waals surface area contributed by atoms with Crippen molar-refractivity contribution in [1.29, 1.82) is 0 Å². The van der Waals surface area contributed by atoms with E-state index in [-0.39, 0.29) is 11.5 Å². The van der Waals surface area contributed by atoms with Crippen LogP contribution in [0.25, 0.3) is 0 Å². The van der Waals surface area contributed by atoms with E-state index in [0.717, 1.165) is 18.5 Å². The number of nitrogens with zero attached hydrogens (tertiary/aromatic N) is 2. The number of piperidine rings is 1. The third-order valence-corrected chi connectivity index (χ3v) is 5.78. The molecule has 2 heterocycles. The molecule has 0 bridgehead atoms. The summed E-state index contributed by atoms with van der Waals surface area (Å²) in [5.41, 5.74) is 3.99. The Morgan fingerprint density at radius 3 is 2.59 bits per heavy atom. The largest absolute Gasteiger partial charge is 0.495 e. The molecule has 4 rings (SSSR count). The molecule has 2 aromatic rings. The van der Waals surface area contributed by atoms with Crippen molar-refractivity contribution in [2.24, 2.45) is 0 Å². The lowest BCUT2D eigenvalue weighted by Crippen LogP contribution is -2.45. The van der Waals surface area contributed by atoms with E-state index in [1.54, 1.807) is 7.11 Å². The maximum Gasteiger partial charge on any atom is 0.253 e. The Morgan fingerprint density at radius 1 is 1.15 bits per heavy atom. The second kappa shape index (κ2) is 6.89. The van der Waals surface area contributed by atoms with Crippen LogP contribution in [-0.4, -0.2) is 45.1 Å². The van der Waals surface area contributed by atoms with E-state index in [0.29, 0.717) is 31.0 Å². The van der Waals surface area contributed by atoms with E-state index in [4.69, 9.17) is 9.47 Å². The third kappa shape index (κ3) is 3.06. The lowest BCUT2D eigenvalue weighted by atomic mass is 9.83. The molecule has 1 amide bonds. The zero-order valence-corrected chi connectivity index (χ0v) is 16.2. The number of ether oxygens (including phenoxy) is 2. The van der Waals surface area contributed by atoms with Crippen molar-refractivity contribution in [2.45, 2.75) is 25.0 Å². The van der Waals surface area contributed by atoms with Gasteiger partial charge in [0.05, 0.1) is 25.0 Å². The Balaban J connectivity index is 1.50. The van der Waals surface area contributed by atoms with Gasteiger partial charge in [-0.2, -0.15) is 0 Å². The minimum atomic E-state index is -0.222. The molecule has 0 aromatic heterocycles. The first-order valence-electron chi connectivity index (χ1n) is 9.41. The van der Waals surface area contributed by atoms with Gasteiger partial charge in [-0.05, 0) is 42.2 Å². The van der Waals surface area contributed by atoms with Crippen LogP contribution in [0.3, 0.4) is 0 Å². The number of carbonyl (C=O) groups excluding carboxylic acids is 1. The molecule has 0 aliphatic carbocycles. The van der Waals surface area contributed by atoms with Crippen molar-refractivity contribution in [2.75, 3.05) is 39.2 Å². The maximum absolute atomic E-state index is 13.0. The zero-order valence-electron chi connectivity index (χ0n) is 16.2. The highest BCUT2D eigenvalue weighted by atomic mass is 16.5. The van der Waals surface area contributed by atoms with Gasteiger partial charge >= 0.3 is 0 Å². The van der Waals surface area contributed by atoms with E-state index in [1.165, 1.54) is 11.1 Å². The van der Waals surface area contributed by atoms with Crippen LogP contribution in [0.1, 0.15) is 34.3 Å². The van der Waals surface area contributed by atoms with Crippen LogP contribution in [0.4, 0.5) is 5.69 Å². The summed E-state index contributed by atoms with van der Waals surface area (Å²) in [4.78, 5) is 16.9. The van der Waals surface area contributed by atoms with Gasteiger partial charge in [0, 0.05) is 32.7 Å². The molecule has 2 aliphatic heterocycles. The molecule has 2 aliphatic rings. The monoisotopic (exact) mass is 366 g/mol. The Morgan fingerprint density at radius 2 is 1.89 bits per heavy atom. The SMILES string of the molecule is COc1cc(C(=O)N2CCC3(CC2)OCc2ccccc23)ccc1N(C)C. The van der Waals surface area contributed by atoms with Crippen molar-refractivity contribution in [3.05, 3.63) is 59.2 Å². The molecule has 27 heavy (non-hydrogen) atoms. The molecule has 5 nitrogen and oxygen atoms in total. The van der Waals surface area contributed by atoms with Gasteiger partial charge in [-0.1, -0.05) is 24.3 Å². The third-order valence-electron chi connectivity index (χ3n) is 5.78. The molecule has 1 saturated heterocycles. The number of methoxy groups -OCH3 is 1. The van der Waals surface area contributed by atoms with Gasteiger partial charge < -0.3 is 19.3 Å². The second-order valence-electron chi connectivity index (χ2n) is 7.51. The molecule has 5 heteroatoms. The molecule has 0 radical (unpaired) electrons. The number of benzene rings is 2. The summed E-state index contributed by atoms with van der Waals surface area (Å²) in [7, 11) is 5.56. The molecular formula is C22H26N2O3. The lowest BCUT2D eigenvalue weighted by Gasteiger charge is -2.39. The van der Waals surface area contributed by atoms with Crippen molar-refractivity contribution < 1.29 is 14.3 Å². The molecular weight excluding hydrogens is 340 g/mol. The Kier molecular flexibility index (Phi) is 4.56. The van der Waals surface area contributed by atoms with E-state index in [1.807, 2.05) is 42.1 Å². The number of hydrogen-bond donors (Lipinski definition) is 0. The molecule has 142 valence electrons. The minimum absolute atomic E-state index is 0.0553. The van der Waals surface area contributed by atoms with Crippen molar-refractivity contribution >= 4 is 11.6 Å². The second-order valence-corrected chi connectivity index (χ2v) is 7.51. The number of rotatable bonds is 3. The average molecular weight is 366 g/mol. The lowest BCUT2D eigenvalue weighted by molar-refractivity contribution is -0.0741. The van der Waals surface area contributed by atoms with Crippen LogP contribution >= 0.6 is 0 Å². The number of fused-ring (bicyclic) bond motifs is 2. The van der Waals surface area contributed by atoms with Crippen molar-refractivity contribution in [3.8, 4) is 5.75 Å². The summed E-state index contributed by atoms with van der Waals surface area (Å²) in [5.74, 6) is 0.770. The standard InChI is InChI=1S/C22H26N2O3/c1-23(2)19-9-8-16(14-20(19)26-3)21(25)24-12-10-22(11-13-24)18-7-5-4-6-17(18)15-27-22/h4-9,14H,10-13,15H2,1-3H3. The quantitative estimate of drug-likeness (QED) is 0.835. The van der Waals surface area contributed by atoms with Crippen LogP contribution < -0.4 is 9.64 Å². The van der Waals surface area contributed by atoms with E-state index in [2.05, 4.69) is 24.3 Å². The number of carbonyl (C=O) groups is 1. The topological polar surface area (TPSA) is 42.0 Å². The predicted molar refractivity (Wildman–Crippen MR) is 105 cm³/mol. The summed E-state index contributed by atoms with van der Waals surface area (Å²) < 4.78 is 11.7. The van der Waals surface area contributed by atoms with Crippen molar-refractivity contribution in [1.82, 2.24) is 4.90 Å². The number of anilines is 1. The summed E-state index contributed by atoms with van der Waals surface area (Å²) in [5, 5.41) is 0. The molecule has 2 aromatic carbocycles. The maximum atomic E-state index is 13.0. The molecule has 0 N–H and O–H groups in total.